The summed E-state index contributed by atoms with van der Waals surface area (Å²) in [5.74, 6) is 0.367. The van der Waals surface area contributed by atoms with E-state index in [-0.39, 0.29) is 30.7 Å². The Morgan fingerprint density at radius 3 is 2.94 bits per heavy atom. The number of aliphatic hydroxyl groups is 1. The third-order valence-corrected chi connectivity index (χ3v) is 3.06. The van der Waals surface area contributed by atoms with Crippen molar-refractivity contribution in [3.05, 3.63) is 6.33 Å². The minimum atomic E-state index is -0.194. The Bertz CT molecular complexity index is 583. The highest BCUT2D eigenvalue weighted by Gasteiger charge is 2.27. The molecule has 2 atom stereocenters. The van der Waals surface area contributed by atoms with Crippen LogP contribution in [0.1, 0.15) is 19.1 Å². The van der Waals surface area contributed by atoms with Crippen molar-refractivity contribution in [1.82, 2.24) is 19.5 Å². The van der Waals surface area contributed by atoms with Crippen molar-refractivity contribution in [3.63, 3.8) is 0 Å². The fourth-order valence-corrected chi connectivity index (χ4v) is 2.19. The molecule has 2 aromatic rings. The Balaban J connectivity index is 2.03. The largest absolute Gasteiger partial charge is 0.394 e. The van der Waals surface area contributed by atoms with Gasteiger partial charge in [-0.3, -0.25) is 4.57 Å². The second kappa shape index (κ2) is 4.07. The molecule has 0 aromatic carbocycles. The number of aliphatic hydroxyl groups excluding tert-OH is 1. The molecule has 1 aliphatic heterocycles. The molecule has 0 aliphatic carbocycles. The summed E-state index contributed by atoms with van der Waals surface area (Å²) in [4.78, 5) is 12.2. The minimum Gasteiger partial charge on any atom is -0.394 e. The number of hydrogen-bond acceptors (Lipinski definition) is 7. The number of rotatable bonds is 2. The van der Waals surface area contributed by atoms with Gasteiger partial charge in [-0.1, -0.05) is 0 Å². The minimum absolute atomic E-state index is 0.0163. The molecule has 0 bridgehead atoms. The first-order valence-corrected chi connectivity index (χ1v) is 5.71. The summed E-state index contributed by atoms with van der Waals surface area (Å²) in [5, 5.41) is 9.07. The van der Waals surface area contributed by atoms with Crippen LogP contribution in [0.4, 0.5) is 11.8 Å². The quantitative estimate of drug-likeness (QED) is 0.665. The van der Waals surface area contributed by atoms with Crippen molar-refractivity contribution in [2.75, 3.05) is 18.1 Å². The van der Waals surface area contributed by atoms with Gasteiger partial charge in [0.25, 0.3) is 0 Å². The summed E-state index contributed by atoms with van der Waals surface area (Å²) < 4.78 is 7.45. The molecule has 0 spiro atoms. The molecule has 2 aromatic heterocycles. The Labute approximate surface area is 103 Å². The van der Waals surface area contributed by atoms with Crippen molar-refractivity contribution in [1.29, 1.82) is 0 Å². The van der Waals surface area contributed by atoms with E-state index in [9.17, 15) is 0 Å². The van der Waals surface area contributed by atoms with E-state index in [2.05, 4.69) is 15.0 Å². The van der Waals surface area contributed by atoms with Crippen molar-refractivity contribution in [2.45, 2.75) is 25.2 Å². The van der Waals surface area contributed by atoms with Crippen LogP contribution in [-0.4, -0.2) is 37.3 Å². The molecule has 8 heteroatoms. The van der Waals surface area contributed by atoms with Gasteiger partial charge in [-0.05, 0) is 12.8 Å². The van der Waals surface area contributed by atoms with E-state index in [0.717, 1.165) is 12.8 Å². The zero-order chi connectivity index (χ0) is 12.7. The van der Waals surface area contributed by atoms with Gasteiger partial charge in [-0.2, -0.15) is 9.97 Å². The summed E-state index contributed by atoms with van der Waals surface area (Å²) in [6, 6.07) is 0. The SMILES string of the molecule is Nc1nc(N)c2ncn(C3CC[C@@H](CO)O3)c2n1. The summed E-state index contributed by atoms with van der Waals surface area (Å²) >= 11 is 0. The first kappa shape index (κ1) is 11.2. The number of nitrogens with zero attached hydrogens (tertiary/aromatic N) is 4. The predicted octanol–water partition coefficient (Wildman–Crippen LogP) is -0.339. The molecule has 1 fully saturated rings. The molecule has 1 aliphatic rings. The molecule has 0 amide bonds. The van der Waals surface area contributed by atoms with E-state index in [1.54, 1.807) is 10.9 Å². The van der Waals surface area contributed by atoms with Gasteiger partial charge in [0.15, 0.2) is 11.5 Å². The molecule has 5 N–H and O–H groups in total. The van der Waals surface area contributed by atoms with E-state index in [1.165, 1.54) is 0 Å². The number of ether oxygens (including phenoxy) is 1. The van der Waals surface area contributed by atoms with Crippen LogP contribution in [-0.2, 0) is 4.74 Å². The second-order valence-electron chi connectivity index (χ2n) is 4.26. The fourth-order valence-electron chi connectivity index (χ4n) is 2.19. The number of fused-ring (bicyclic) bond motifs is 1. The zero-order valence-corrected chi connectivity index (χ0v) is 9.65. The van der Waals surface area contributed by atoms with E-state index in [0.29, 0.717) is 11.2 Å². The Morgan fingerprint density at radius 2 is 2.22 bits per heavy atom. The normalized spacial score (nSPS) is 23.8. The summed E-state index contributed by atoms with van der Waals surface area (Å²) in [6.45, 7) is 0.0163. The molecular formula is C10H14N6O2. The van der Waals surface area contributed by atoms with Crippen LogP contribution in [0, 0.1) is 0 Å². The molecule has 96 valence electrons. The maximum atomic E-state index is 9.07. The molecular weight excluding hydrogens is 236 g/mol. The standard InChI is InChI=1S/C10H14N6O2/c11-8-7-9(15-10(12)14-8)16(4-13-7)6-2-1-5(3-17)18-6/h4-6,17H,1-3H2,(H4,11,12,14,15)/t5-,6?/m0/s1. The van der Waals surface area contributed by atoms with Gasteiger partial charge in [0.05, 0.1) is 19.0 Å². The van der Waals surface area contributed by atoms with Gasteiger partial charge < -0.3 is 21.3 Å². The van der Waals surface area contributed by atoms with Crippen LogP contribution >= 0.6 is 0 Å². The molecule has 0 saturated carbocycles. The monoisotopic (exact) mass is 250 g/mol. The number of anilines is 2. The highest BCUT2D eigenvalue weighted by Crippen LogP contribution is 2.30. The number of nitrogen functional groups attached to an aromatic ring is 2. The third kappa shape index (κ3) is 1.66. The number of hydrogen-bond donors (Lipinski definition) is 3. The summed E-state index contributed by atoms with van der Waals surface area (Å²) in [5.41, 5.74) is 12.4. The summed E-state index contributed by atoms with van der Waals surface area (Å²) in [6.07, 6.45) is 2.88. The van der Waals surface area contributed by atoms with E-state index in [1.807, 2.05) is 0 Å². The Morgan fingerprint density at radius 1 is 1.39 bits per heavy atom. The van der Waals surface area contributed by atoms with Gasteiger partial charge >= 0.3 is 0 Å². The molecule has 18 heavy (non-hydrogen) atoms. The van der Waals surface area contributed by atoms with Crippen LogP contribution in [0.2, 0.25) is 0 Å². The number of nitrogens with two attached hydrogens (primary N) is 2. The van der Waals surface area contributed by atoms with Crippen LogP contribution in [0.5, 0.6) is 0 Å². The maximum Gasteiger partial charge on any atom is 0.224 e. The first-order valence-electron chi connectivity index (χ1n) is 5.71. The average Bonchev–Trinajstić information content (AvgIpc) is 2.93. The highest BCUT2D eigenvalue weighted by molar-refractivity contribution is 5.82. The molecule has 3 heterocycles. The maximum absolute atomic E-state index is 9.07. The van der Waals surface area contributed by atoms with Gasteiger partial charge in [-0.15, -0.1) is 0 Å². The average molecular weight is 250 g/mol. The molecule has 3 rings (SSSR count). The van der Waals surface area contributed by atoms with Crippen LogP contribution in [0.15, 0.2) is 6.33 Å². The van der Waals surface area contributed by atoms with Crippen LogP contribution in [0.25, 0.3) is 11.2 Å². The molecule has 1 saturated heterocycles. The van der Waals surface area contributed by atoms with Crippen molar-refractivity contribution < 1.29 is 9.84 Å². The topological polar surface area (TPSA) is 125 Å². The van der Waals surface area contributed by atoms with Gasteiger partial charge in [0, 0.05) is 0 Å². The van der Waals surface area contributed by atoms with Gasteiger partial charge in [0.2, 0.25) is 5.95 Å². The van der Waals surface area contributed by atoms with Crippen LogP contribution < -0.4 is 11.5 Å². The molecule has 1 unspecified atom stereocenters. The number of imidazole rings is 1. The molecule has 8 nitrogen and oxygen atoms in total. The fraction of sp³-hybridized carbons (Fsp3) is 0.500. The van der Waals surface area contributed by atoms with Crippen LogP contribution in [0.3, 0.4) is 0 Å². The zero-order valence-electron chi connectivity index (χ0n) is 9.65. The molecule has 0 radical (unpaired) electrons. The van der Waals surface area contributed by atoms with E-state index >= 15 is 0 Å². The first-order chi connectivity index (χ1) is 8.69. The lowest BCUT2D eigenvalue weighted by atomic mass is 10.2. The van der Waals surface area contributed by atoms with Crippen molar-refractivity contribution in [2.24, 2.45) is 0 Å². The predicted molar refractivity (Wildman–Crippen MR) is 64.4 cm³/mol. The van der Waals surface area contributed by atoms with Gasteiger partial charge in [-0.25, -0.2) is 4.98 Å². The Hall–Kier alpha value is -1.93. The Kier molecular flexibility index (Phi) is 2.53. The van der Waals surface area contributed by atoms with E-state index in [4.69, 9.17) is 21.3 Å². The lowest BCUT2D eigenvalue weighted by Crippen LogP contribution is -2.14. The lowest BCUT2D eigenvalue weighted by Gasteiger charge is -2.13. The highest BCUT2D eigenvalue weighted by atomic mass is 16.5. The van der Waals surface area contributed by atoms with E-state index < -0.39 is 0 Å². The van der Waals surface area contributed by atoms with Crippen molar-refractivity contribution in [3.8, 4) is 0 Å². The second-order valence-corrected chi connectivity index (χ2v) is 4.26. The van der Waals surface area contributed by atoms with Crippen molar-refractivity contribution >= 4 is 22.9 Å². The smallest absolute Gasteiger partial charge is 0.224 e. The van der Waals surface area contributed by atoms with Gasteiger partial charge in [0.1, 0.15) is 11.7 Å². The lowest BCUT2D eigenvalue weighted by molar-refractivity contribution is -0.0207. The third-order valence-electron chi connectivity index (χ3n) is 3.06. The summed E-state index contributed by atoms with van der Waals surface area (Å²) in [7, 11) is 0. The number of aromatic nitrogens is 4.